The number of hydrogen-bond donors (Lipinski definition) is 0. The Morgan fingerprint density at radius 2 is 2.04 bits per heavy atom. The number of aliphatic imine (C=N–C) groups is 1. The number of benzene rings is 1. The number of nitrogens with zero attached hydrogens (tertiary/aromatic N) is 4. The molecule has 128 valence electrons. The molecular formula is C20H22N4O. The predicted molar refractivity (Wildman–Crippen MR) is 97.1 cm³/mol. The molecule has 5 nitrogen and oxygen atoms in total. The molecule has 25 heavy (non-hydrogen) atoms. The van der Waals surface area contributed by atoms with Gasteiger partial charge in [0.25, 0.3) is 0 Å². The van der Waals surface area contributed by atoms with Crippen LogP contribution in [0.5, 0.6) is 5.75 Å². The molecule has 1 fully saturated rings. The van der Waals surface area contributed by atoms with Gasteiger partial charge in [-0.25, -0.2) is 0 Å². The van der Waals surface area contributed by atoms with Crippen molar-refractivity contribution in [3.05, 3.63) is 59.9 Å². The summed E-state index contributed by atoms with van der Waals surface area (Å²) in [5, 5.41) is 8.97. The van der Waals surface area contributed by atoms with Crippen molar-refractivity contribution in [2.75, 3.05) is 13.1 Å². The normalized spacial score (nSPS) is 15.7. The first-order valence-corrected chi connectivity index (χ1v) is 8.61. The van der Waals surface area contributed by atoms with Crippen LogP contribution in [-0.4, -0.2) is 29.0 Å². The Hall–Kier alpha value is -2.87. The number of aryl methyl sites for hydroxylation is 1. The van der Waals surface area contributed by atoms with E-state index in [2.05, 4.69) is 27.0 Å². The summed E-state index contributed by atoms with van der Waals surface area (Å²) >= 11 is 0. The van der Waals surface area contributed by atoms with Gasteiger partial charge in [-0.2, -0.15) is 5.26 Å². The zero-order chi connectivity index (χ0) is 17.5. The molecule has 1 aliphatic heterocycles. The molecule has 0 bridgehead atoms. The molecule has 5 heteroatoms. The van der Waals surface area contributed by atoms with Crippen LogP contribution in [0.25, 0.3) is 0 Å². The quantitative estimate of drug-likeness (QED) is 0.489. The Bertz CT molecular complexity index is 759. The van der Waals surface area contributed by atoms with Crippen LogP contribution in [-0.2, 0) is 6.42 Å². The van der Waals surface area contributed by atoms with Gasteiger partial charge in [0.15, 0.2) is 0 Å². The largest absolute Gasteiger partial charge is 0.425 e. The van der Waals surface area contributed by atoms with Gasteiger partial charge in [0.1, 0.15) is 5.75 Å². The average molecular weight is 334 g/mol. The first-order valence-electron chi connectivity index (χ1n) is 8.61. The van der Waals surface area contributed by atoms with E-state index in [0.29, 0.717) is 17.7 Å². The maximum atomic E-state index is 8.97. The number of piperidine rings is 1. The minimum absolute atomic E-state index is 0.395. The minimum Gasteiger partial charge on any atom is -0.425 e. The first kappa shape index (κ1) is 17.0. The third-order valence-corrected chi connectivity index (χ3v) is 4.47. The molecule has 0 atom stereocenters. The molecule has 0 amide bonds. The van der Waals surface area contributed by atoms with Gasteiger partial charge in [-0.1, -0.05) is 18.2 Å². The maximum absolute atomic E-state index is 8.97. The Morgan fingerprint density at radius 3 is 2.72 bits per heavy atom. The third-order valence-electron chi connectivity index (χ3n) is 4.47. The van der Waals surface area contributed by atoms with Gasteiger partial charge in [0, 0.05) is 25.0 Å². The highest BCUT2D eigenvalue weighted by molar-refractivity contribution is 5.77. The molecule has 0 saturated carbocycles. The van der Waals surface area contributed by atoms with E-state index < -0.39 is 0 Å². The van der Waals surface area contributed by atoms with Crippen LogP contribution in [0.3, 0.4) is 0 Å². The number of amidine groups is 1. The number of nitriles is 1. The summed E-state index contributed by atoms with van der Waals surface area (Å²) < 4.78 is 5.81. The molecule has 0 aliphatic carbocycles. The smallest absolute Gasteiger partial charge is 0.308 e. The van der Waals surface area contributed by atoms with E-state index in [1.807, 2.05) is 49.6 Å². The summed E-state index contributed by atoms with van der Waals surface area (Å²) in [7, 11) is 0. The summed E-state index contributed by atoms with van der Waals surface area (Å²) in [5.41, 5.74) is 2.41. The molecule has 0 unspecified atom stereocenters. The Kier molecular flexibility index (Phi) is 5.63. The fourth-order valence-electron chi connectivity index (χ4n) is 3.19. The van der Waals surface area contributed by atoms with Crippen LogP contribution in [0.15, 0.2) is 53.7 Å². The van der Waals surface area contributed by atoms with Crippen molar-refractivity contribution < 1.29 is 4.74 Å². The zero-order valence-electron chi connectivity index (χ0n) is 14.4. The number of para-hydroxylation sites is 1. The molecule has 1 saturated heterocycles. The third kappa shape index (κ3) is 4.80. The summed E-state index contributed by atoms with van der Waals surface area (Å²) in [5.74, 6) is 1.34. The van der Waals surface area contributed by atoms with Crippen molar-refractivity contribution in [3.63, 3.8) is 0 Å². The van der Waals surface area contributed by atoms with E-state index in [-0.39, 0.29) is 0 Å². The standard InChI is InChI=1S/C20H22N4O/c1-16-13-18(7-10-22-16)14-17-8-11-24(12-9-17)20(23-15-21)25-19-5-3-2-4-6-19/h2-7,10,13,17H,8-9,11-12,14H2,1H3/b23-20-. The maximum Gasteiger partial charge on any atom is 0.308 e. The highest BCUT2D eigenvalue weighted by Gasteiger charge is 2.23. The second-order valence-corrected chi connectivity index (χ2v) is 6.35. The number of hydrogen-bond acceptors (Lipinski definition) is 4. The fourth-order valence-corrected chi connectivity index (χ4v) is 3.19. The second-order valence-electron chi connectivity index (χ2n) is 6.35. The minimum atomic E-state index is 0.395. The number of likely N-dealkylation sites (tertiary alicyclic amines) is 1. The second kappa shape index (κ2) is 8.29. The number of aromatic nitrogens is 1. The van der Waals surface area contributed by atoms with E-state index in [9.17, 15) is 0 Å². The van der Waals surface area contributed by atoms with E-state index in [1.165, 1.54) is 5.56 Å². The number of pyridine rings is 1. The van der Waals surface area contributed by atoms with Gasteiger partial charge in [-0.05, 0) is 61.9 Å². The van der Waals surface area contributed by atoms with Gasteiger partial charge >= 0.3 is 6.02 Å². The molecule has 0 N–H and O–H groups in total. The van der Waals surface area contributed by atoms with E-state index >= 15 is 0 Å². The lowest BCUT2D eigenvalue weighted by molar-refractivity contribution is 0.236. The Morgan fingerprint density at radius 1 is 1.28 bits per heavy atom. The number of ether oxygens (including phenoxy) is 1. The summed E-state index contributed by atoms with van der Waals surface area (Å²) in [6, 6.07) is 14.1. The van der Waals surface area contributed by atoms with Gasteiger partial charge in [-0.15, -0.1) is 4.99 Å². The van der Waals surface area contributed by atoms with Crippen molar-refractivity contribution in [1.29, 1.82) is 5.26 Å². The van der Waals surface area contributed by atoms with Gasteiger partial charge in [-0.3, -0.25) is 4.98 Å². The Balaban J connectivity index is 1.58. The van der Waals surface area contributed by atoms with Crippen LogP contribution in [0.2, 0.25) is 0 Å². The molecule has 0 spiro atoms. The lowest BCUT2D eigenvalue weighted by Crippen LogP contribution is -2.41. The topological polar surface area (TPSA) is 61.5 Å². The molecule has 1 aliphatic rings. The van der Waals surface area contributed by atoms with Crippen molar-refractivity contribution in [1.82, 2.24) is 9.88 Å². The van der Waals surface area contributed by atoms with Gasteiger partial charge in [0.05, 0.1) is 0 Å². The molecule has 0 radical (unpaired) electrons. The molecule has 1 aromatic carbocycles. The van der Waals surface area contributed by atoms with Crippen LogP contribution in [0.1, 0.15) is 24.1 Å². The molecule has 1 aromatic heterocycles. The average Bonchev–Trinajstić information content (AvgIpc) is 2.63. The van der Waals surface area contributed by atoms with E-state index in [0.717, 1.165) is 38.0 Å². The molecule has 2 aromatic rings. The molecular weight excluding hydrogens is 312 g/mol. The van der Waals surface area contributed by atoms with Crippen molar-refractivity contribution in [3.8, 4) is 11.9 Å². The zero-order valence-corrected chi connectivity index (χ0v) is 14.4. The lowest BCUT2D eigenvalue weighted by Gasteiger charge is -2.33. The van der Waals surface area contributed by atoms with Crippen molar-refractivity contribution in [2.45, 2.75) is 26.2 Å². The first-order chi connectivity index (χ1) is 12.2. The van der Waals surface area contributed by atoms with Crippen LogP contribution in [0, 0.1) is 24.3 Å². The van der Waals surface area contributed by atoms with Gasteiger partial charge in [0.2, 0.25) is 6.19 Å². The van der Waals surface area contributed by atoms with Crippen LogP contribution in [0.4, 0.5) is 0 Å². The van der Waals surface area contributed by atoms with Crippen molar-refractivity contribution >= 4 is 6.02 Å². The van der Waals surface area contributed by atoms with Crippen LogP contribution < -0.4 is 4.74 Å². The molecule has 3 rings (SSSR count). The summed E-state index contributed by atoms with van der Waals surface area (Å²) in [6.45, 7) is 3.72. The molecule has 2 heterocycles. The van der Waals surface area contributed by atoms with Crippen LogP contribution >= 0.6 is 0 Å². The van der Waals surface area contributed by atoms with Crippen molar-refractivity contribution in [2.24, 2.45) is 10.9 Å². The predicted octanol–water partition coefficient (Wildman–Crippen LogP) is 3.56. The summed E-state index contributed by atoms with van der Waals surface area (Å²) in [4.78, 5) is 10.2. The van der Waals surface area contributed by atoms with Gasteiger partial charge < -0.3 is 9.64 Å². The van der Waals surface area contributed by atoms with E-state index in [4.69, 9.17) is 10.00 Å². The lowest BCUT2D eigenvalue weighted by atomic mass is 9.90. The van der Waals surface area contributed by atoms with E-state index in [1.54, 1.807) is 0 Å². The Labute approximate surface area is 148 Å². The SMILES string of the molecule is Cc1cc(CC2CCN(/C(=N/C#N)Oc3ccccc3)CC2)ccn1. The highest BCUT2D eigenvalue weighted by Crippen LogP contribution is 2.23. The number of rotatable bonds is 3. The summed E-state index contributed by atoms with van der Waals surface area (Å²) in [6.07, 6.45) is 6.93. The monoisotopic (exact) mass is 334 g/mol. The fraction of sp³-hybridized carbons (Fsp3) is 0.350. The highest BCUT2D eigenvalue weighted by atomic mass is 16.5.